The highest BCUT2D eigenvalue weighted by atomic mass is 32.2. The van der Waals surface area contributed by atoms with Crippen molar-refractivity contribution in [3.05, 3.63) is 127 Å². The lowest BCUT2D eigenvalue weighted by atomic mass is 9.98. The topological polar surface area (TPSA) is 109 Å². The number of aromatic hydroxyl groups is 1. The van der Waals surface area contributed by atoms with Gasteiger partial charge in [-0.25, -0.2) is 14.8 Å². The third kappa shape index (κ3) is 7.22. The predicted molar refractivity (Wildman–Crippen MR) is 185 cm³/mol. The van der Waals surface area contributed by atoms with Crippen LogP contribution in [0.4, 0.5) is 4.79 Å². The van der Waals surface area contributed by atoms with Crippen LogP contribution in [-0.4, -0.2) is 85.9 Å². The van der Waals surface area contributed by atoms with Gasteiger partial charge in [0, 0.05) is 30.0 Å². The summed E-state index contributed by atoms with van der Waals surface area (Å²) in [4.78, 5) is 51.4. The lowest BCUT2D eigenvalue weighted by molar-refractivity contribution is -0.189. The minimum absolute atomic E-state index is 0.0838. The zero-order valence-electron chi connectivity index (χ0n) is 26.7. The normalized spacial score (nSPS) is 18.1. The van der Waals surface area contributed by atoms with Crippen LogP contribution >= 0.6 is 11.8 Å². The van der Waals surface area contributed by atoms with Crippen molar-refractivity contribution in [3.8, 4) is 17.0 Å². The summed E-state index contributed by atoms with van der Waals surface area (Å²) in [7, 11) is 0. The van der Waals surface area contributed by atoms with Crippen molar-refractivity contribution >= 4 is 29.6 Å². The van der Waals surface area contributed by atoms with Crippen LogP contribution in [-0.2, 0) is 29.1 Å². The molecule has 2 saturated heterocycles. The molecule has 2 aliphatic rings. The number of aromatic nitrogens is 1. The first-order valence-corrected chi connectivity index (χ1v) is 17.0. The van der Waals surface area contributed by atoms with Gasteiger partial charge in [-0.15, -0.1) is 18.3 Å². The molecule has 6 rings (SSSR count). The van der Waals surface area contributed by atoms with Gasteiger partial charge in [0.1, 0.15) is 18.0 Å². The summed E-state index contributed by atoms with van der Waals surface area (Å²) in [6.07, 6.45) is 3.13. The van der Waals surface area contributed by atoms with E-state index in [4.69, 9.17) is 4.98 Å². The van der Waals surface area contributed by atoms with Crippen LogP contribution in [0.2, 0.25) is 0 Å². The number of piperazine rings is 1. The first-order valence-electron chi connectivity index (χ1n) is 15.8. The Morgan fingerprint density at radius 2 is 1.73 bits per heavy atom. The maximum absolute atomic E-state index is 14.3. The number of benzene rings is 3. The van der Waals surface area contributed by atoms with Gasteiger partial charge in [0.05, 0.1) is 31.0 Å². The Morgan fingerprint density at radius 1 is 0.979 bits per heavy atom. The molecule has 2 N–H and O–H groups in total. The minimum Gasteiger partial charge on any atom is -0.508 e. The highest BCUT2D eigenvalue weighted by Crippen LogP contribution is 2.30. The average Bonchev–Trinajstić information content (AvgIpc) is 3.10. The Bertz CT molecular complexity index is 1770. The van der Waals surface area contributed by atoms with Crippen LogP contribution in [0.5, 0.6) is 5.75 Å². The second kappa shape index (κ2) is 14.7. The van der Waals surface area contributed by atoms with Gasteiger partial charge in [-0.05, 0) is 53.8 Å². The van der Waals surface area contributed by atoms with E-state index in [1.54, 1.807) is 61.9 Å². The number of pyridine rings is 1. The van der Waals surface area contributed by atoms with Crippen LogP contribution < -0.4 is 5.32 Å². The molecule has 0 spiro atoms. The van der Waals surface area contributed by atoms with E-state index in [-0.39, 0.29) is 56.2 Å². The molecule has 1 aromatic heterocycles. The van der Waals surface area contributed by atoms with Crippen molar-refractivity contribution in [3.63, 3.8) is 0 Å². The van der Waals surface area contributed by atoms with E-state index < -0.39 is 12.2 Å². The molecular weight excluding hydrogens is 625 g/mol. The van der Waals surface area contributed by atoms with Gasteiger partial charge < -0.3 is 20.2 Å². The zero-order chi connectivity index (χ0) is 33.6. The number of carbonyl (C=O) groups is 3. The van der Waals surface area contributed by atoms with Crippen molar-refractivity contribution < 1.29 is 19.5 Å². The predicted octanol–water partition coefficient (Wildman–Crippen LogP) is 4.91. The molecule has 2 aliphatic heterocycles. The molecule has 4 amide bonds. The number of rotatable bonds is 10. The molecule has 246 valence electrons. The Labute approximate surface area is 284 Å². The lowest BCUT2D eigenvalue weighted by Crippen LogP contribution is -2.76. The Kier molecular flexibility index (Phi) is 10.1. The van der Waals surface area contributed by atoms with Gasteiger partial charge in [0.25, 0.3) is 0 Å². The first-order chi connectivity index (χ1) is 23.3. The molecule has 0 saturated carbocycles. The number of carbonyl (C=O) groups excluding carboxylic acids is 3. The van der Waals surface area contributed by atoms with E-state index >= 15 is 0 Å². The van der Waals surface area contributed by atoms with E-state index in [1.165, 1.54) is 0 Å². The number of hydrogen-bond acceptors (Lipinski definition) is 7. The Hall–Kier alpha value is -5.13. The van der Waals surface area contributed by atoms with E-state index in [2.05, 4.69) is 24.0 Å². The summed E-state index contributed by atoms with van der Waals surface area (Å²) in [6.45, 7) is 4.63. The Morgan fingerprint density at radius 3 is 2.44 bits per heavy atom. The number of urea groups is 1. The summed E-state index contributed by atoms with van der Waals surface area (Å²) < 4.78 is 0. The van der Waals surface area contributed by atoms with E-state index in [0.717, 1.165) is 27.3 Å². The molecule has 3 heterocycles. The third-order valence-electron chi connectivity index (χ3n) is 8.58. The van der Waals surface area contributed by atoms with Crippen molar-refractivity contribution in [2.24, 2.45) is 0 Å². The highest BCUT2D eigenvalue weighted by Gasteiger charge is 2.51. The van der Waals surface area contributed by atoms with Gasteiger partial charge in [-0.3, -0.25) is 14.6 Å². The monoisotopic (exact) mass is 662 g/mol. The minimum atomic E-state index is -0.877. The Balaban J connectivity index is 1.33. The first kappa shape index (κ1) is 32.8. The number of thioether (sulfide) groups is 1. The molecule has 2 fully saturated rings. The molecule has 3 aromatic carbocycles. The van der Waals surface area contributed by atoms with Crippen molar-refractivity contribution in [1.82, 2.24) is 30.1 Å². The fraction of sp³-hybridized carbons (Fsp3) is 0.243. The number of phenolic OH excluding ortho intramolecular Hbond substituents is 1. The third-order valence-corrected chi connectivity index (χ3v) is 9.32. The highest BCUT2D eigenvalue weighted by molar-refractivity contribution is 7.98. The largest absolute Gasteiger partial charge is 0.508 e. The van der Waals surface area contributed by atoms with Crippen molar-refractivity contribution in [2.45, 2.75) is 36.6 Å². The molecular formula is C37H38N6O4S. The smallest absolute Gasteiger partial charge is 0.334 e. The molecule has 0 aliphatic carbocycles. The van der Waals surface area contributed by atoms with Crippen molar-refractivity contribution in [1.29, 1.82) is 0 Å². The number of phenols is 1. The number of fused-ring (bicyclic) bond motifs is 1. The molecule has 0 bridgehead atoms. The van der Waals surface area contributed by atoms with Crippen LogP contribution in [0, 0.1) is 0 Å². The molecule has 10 nitrogen and oxygen atoms in total. The maximum atomic E-state index is 14.3. The summed E-state index contributed by atoms with van der Waals surface area (Å²) in [6, 6.07) is 28.9. The fourth-order valence-electron chi connectivity index (χ4n) is 6.24. The van der Waals surface area contributed by atoms with E-state index in [9.17, 15) is 19.5 Å². The van der Waals surface area contributed by atoms with Gasteiger partial charge >= 0.3 is 6.03 Å². The molecule has 0 radical (unpaired) electrons. The van der Waals surface area contributed by atoms with Gasteiger partial charge in [-0.1, -0.05) is 66.7 Å². The van der Waals surface area contributed by atoms with Crippen molar-refractivity contribution in [2.75, 3.05) is 25.9 Å². The maximum Gasteiger partial charge on any atom is 0.334 e. The van der Waals surface area contributed by atoms with E-state index in [1.807, 2.05) is 66.9 Å². The number of hydrogen-bond donors (Lipinski definition) is 2. The summed E-state index contributed by atoms with van der Waals surface area (Å²) in [5, 5.41) is 16.1. The van der Waals surface area contributed by atoms with Crippen LogP contribution in [0.3, 0.4) is 0 Å². The molecule has 4 aromatic rings. The van der Waals surface area contributed by atoms with Gasteiger partial charge in [-0.2, -0.15) is 0 Å². The van der Waals surface area contributed by atoms with E-state index in [0.29, 0.717) is 12.2 Å². The van der Waals surface area contributed by atoms with Crippen LogP contribution in [0.15, 0.2) is 115 Å². The number of hydrazine groups is 1. The average molecular weight is 663 g/mol. The second-order valence-corrected chi connectivity index (χ2v) is 12.6. The summed E-state index contributed by atoms with van der Waals surface area (Å²) >= 11 is 1.67. The summed E-state index contributed by atoms with van der Waals surface area (Å²) in [5.41, 5.74) is 4.17. The number of amides is 4. The SMILES string of the molecule is C=CCN1CC(=O)N2C(Cc3ccc(O)cc3)C(=O)N(Cc3cccc(-c4ccc(SC)cc4)n3)CC2N1C(=O)NCc1ccccc1. The fourth-order valence-corrected chi connectivity index (χ4v) is 6.65. The number of nitrogens with zero attached hydrogens (tertiary/aromatic N) is 5. The zero-order valence-corrected chi connectivity index (χ0v) is 27.6. The molecule has 11 heteroatoms. The lowest BCUT2D eigenvalue weighted by Gasteiger charge is -2.55. The number of nitrogens with one attached hydrogen (secondary N) is 1. The van der Waals surface area contributed by atoms with Crippen LogP contribution in [0.1, 0.15) is 16.8 Å². The molecule has 48 heavy (non-hydrogen) atoms. The quantitative estimate of drug-likeness (QED) is 0.184. The molecule has 2 unspecified atom stereocenters. The summed E-state index contributed by atoms with van der Waals surface area (Å²) in [5.74, 6) is -0.372. The van der Waals surface area contributed by atoms with Gasteiger partial charge in [0.15, 0.2) is 0 Å². The molecule has 2 atom stereocenters. The second-order valence-electron chi connectivity index (χ2n) is 11.8. The standard InChI is InChI=1S/C37H38N6O4S/c1-3-20-41-25-35(45)42-33(21-26-12-16-30(44)17-13-26)36(46)40(24-34(42)43(41)37(47)38-22-27-8-5-4-6-9-27)23-29-10-7-11-32(39-29)28-14-18-31(48-2)19-15-28/h3-19,33-34,44H,1,20-25H2,2H3,(H,38,47). The van der Waals surface area contributed by atoms with Gasteiger partial charge in [0.2, 0.25) is 11.8 Å². The van der Waals surface area contributed by atoms with Crippen LogP contribution in [0.25, 0.3) is 11.3 Å².